The number of piperidine rings is 1. The van der Waals surface area contributed by atoms with Gasteiger partial charge in [0.1, 0.15) is 11.8 Å². The molecule has 0 radical (unpaired) electrons. The number of nitrogens with two attached hydrogens (primary N) is 1. The first-order valence-corrected chi connectivity index (χ1v) is 7.60. The number of hydrogen-bond acceptors (Lipinski definition) is 6. The maximum Gasteiger partial charge on any atom is 0.292 e. The maximum absolute atomic E-state index is 13.6. The van der Waals surface area contributed by atoms with Crippen LogP contribution in [0.3, 0.4) is 0 Å². The van der Waals surface area contributed by atoms with Crippen molar-refractivity contribution in [2.45, 2.75) is 18.9 Å². The molecule has 8 heteroatoms. The first-order valence-electron chi connectivity index (χ1n) is 7.60. The first kappa shape index (κ1) is 16.0. The van der Waals surface area contributed by atoms with E-state index in [2.05, 4.69) is 4.98 Å². The van der Waals surface area contributed by atoms with E-state index in [4.69, 9.17) is 10.5 Å². The summed E-state index contributed by atoms with van der Waals surface area (Å²) < 4.78 is 19.2. The van der Waals surface area contributed by atoms with Crippen molar-refractivity contribution in [2.75, 3.05) is 23.7 Å². The topological polar surface area (TPSA) is 94.5 Å². The van der Waals surface area contributed by atoms with E-state index in [0.717, 1.165) is 0 Å². The molecule has 0 spiro atoms. The summed E-state index contributed by atoms with van der Waals surface area (Å²) in [6, 6.07) is 7.34. The van der Waals surface area contributed by atoms with Crippen molar-refractivity contribution in [1.29, 1.82) is 0 Å². The number of aromatic nitrogens is 1. The maximum atomic E-state index is 13.6. The Labute approximate surface area is 138 Å². The summed E-state index contributed by atoms with van der Waals surface area (Å²) in [5.41, 5.74) is 6.76. The molecular weight excluding hydrogens is 315 g/mol. The summed E-state index contributed by atoms with van der Waals surface area (Å²) in [6.45, 7) is 1.12. The molecule has 0 unspecified atom stereocenters. The van der Waals surface area contributed by atoms with E-state index in [1.165, 1.54) is 30.5 Å². The Balaban J connectivity index is 1.68. The number of pyridine rings is 1. The molecule has 24 heavy (non-hydrogen) atoms. The van der Waals surface area contributed by atoms with Crippen LogP contribution in [0.25, 0.3) is 0 Å². The monoisotopic (exact) mass is 332 g/mol. The van der Waals surface area contributed by atoms with E-state index >= 15 is 0 Å². The molecule has 1 aliphatic heterocycles. The molecule has 0 bridgehead atoms. The summed E-state index contributed by atoms with van der Waals surface area (Å²) in [5.74, 6) is -0.503. The molecule has 1 aromatic carbocycles. The number of hydrogen-bond donors (Lipinski definition) is 1. The van der Waals surface area contributed by atoms with Gasteiger partial charge in [-0.15, -0.1) is 0 Å². The SMILES string of the molecule is Nc1ccc([N+](=O)[O-])c(N2CCC(Oc3ncccc3F)CC2)c1. The molecule has 3 rings (SSSR count). The van der Waals surface area contributed by atoms with Crippen molar-refractivity contribution in [3.63, 3.8) is 0 Å². The highest BCUT2D eigenvalue weighted by Crippen LogP contribution is 2.32. The van der Waals surface area contributed by atoms with Crippen LogP contribution in [0.4, 0.5) is 21.5 Å². The van der Waals surface area contributed by atoms with Gasteiger partial charge >= 0.3 is 0 Å². The van der Waals surface area contributed by atoms with Crippen molar-refractivity contribution in [2.24, 2.45) is 0 Å². The van der Waals surface area contributed by atoms with Gasteiger partial charge in [0.15, 0.2) is 5.82 Å². The highest BCUT2D eigenvalue weighted by Gasteiger charge is 2.26. The van der Waals surface area contributed by atoms with Gasteiger partial charge in [-0.2, -0.15) is 0 Å². The van der Waals surface area contributed by atoms with Crippen molar-refractivity contribution in [3.8, 4) is 5.88 Å². The molecule has 1 saturated heterocycles. The van der Waals surface area contributed by atoms with Gasteiger partial charge in [0, 0.05) is 43.9 Å². The van der Waals surface area contributed by atoms with Gasteiger partial charge in [-0.1, -0.05) is 0 Å². The minimum atomic E-state index is -0.494. The fourth-order valence-electron chi connectivity index (χ4n) is 2.78. The lowest BCUT2D eigenvalue weighted by Crippen LogP contribution is -2.38. The normalized spacial score (nSPS) is 15.3. The van der Waals surface area contributed by atoms with E-state index < -0.39 is 10.7 Å². The Bertz CT molecular complexity index is 748. The van der Waals surface area contributed by atoms with E-state index in [1.807, 2.05) is 4.90 Å². The largest absolute Gasteiger partial charge is 0.472 e. The smallest absolute Gasteiger partial charge is 0.292 e. The second-order valence-corrected chi connectivity index (χ2v) is 5.60. The van der Waals surface area contributed by atoms with Crippen LogP contribution in [0.15, 0.2) is 36.5 Å². The average molecular weight is 332 g/mol. The summed E-state index contributed by atoms with van der Waals surface area (Å²) in [6.07, 6.45) is 2.53. The zero-order valence-electron chi connectivity index (χ0n) is 12.9. The number of benzene rings is 1. The molecule has 2 heterocycles. The Morgan fingerprint density at radius 2 is 2.08 bits per heavy atom. The first-order chi connectivity index (χ1) is 11.5. The number of rotatable bonds is 4. The molecule has 2 N–H and O–H groups in total. The van der Waals surface area contributed by atoms with Crippen LogP contribution < -0.4 is 15.4 Å². The average Bonchev–Trinajstić information content (AvgIpc) is 2.57. The van der Waals surface area contributed by atoms with Crippen molar-refractivity contribution in [1.82, 2.24) is 4.98 Å². The number of anilines is 2. The van der Waals surface area contributed by atoms with E-state index in [-0.39, 0.29) is 17.7 Å². The summed E-state index contributed by atoms with van der Waals surface area (Å²) in [7, 11) is 0. The van der Waals surface area contributed by atoms with Crippen LogP contribution in [0, 0.1) is 15.9 Å². The quantitative estimate of drug-likeness (QED) is 0.525. The van der Waals surface area contributed by atoms with Gasteiger partial charge in [-0.05, 0) is 24.3 Å². The molecule has 7 nitrogen and oxygen atoms in total. The van der Waals surface area contributed by atoms with Crippen molar-refractivity contribution in [3.05, 3.63) is 52.5 Å². The lowest BCUT2D eigenvalue weighted by atomic mass is 10.1. The predicted octanol–water partition coefficient (Wildman–Crippen LogP) is 2.76. The van der Waals surface area contributed by atoms with Gasteiger partial charge < -0.3 is 15.4 Å². The van der Waals surface area contributed by atoms with Crippen LogP contribution in [-0.4, -0.2) is 29.1 Å². The van der Waals surface area contributed by atoms with Crippen LogP contribution in [0.1, 0.15) is 12.8 Å². The summed E-state index contributed by atoms with van der Waals surface area (Å²) >= 11 is 0. The molecular formula is C16H17FN4O3. The lowest BCUT2D eigenvalue weighted by Gasteiger charge is -2.33. The Morgan fingerprint density at radius 3 is 2.75 bits per heavy atom. The van der Waals surface area contributed by atoms with Crippen molar-refractivity contribution >= 4 is 17.1 Å². The minimum absolute atomic E-state index is 0.00844. The molecule has 0 amide bonds. The van der Waals surface area contributed by atoms with Gasteiger partial charge in [0.05, 0.1) is 4.92 Å². The highest BCUT2D eigenvalue weighted by atomic mass is 19.1. The fourth-order valence-corrected chi connectivity index (χ4v) is 2.78. The van der Waals surface area contributed by atoms with Gasteiger partial charge in [-0.3, -0.25) is 10.1 Å². The van der Waals surface area contributed by atoms with Crippen LogP contribution in [-0.2, 0) is 0 Å². The molecule has 126 valence electrons. The number of ether oxygens (including phenoxy) is 1. The number of halogens is 1. The standard InChI is InChI=1S/C16H17FN4O3/c17-13-2-1-7-19-16(13)24-12-5-8-20(9-6-12)15-10-11(18)3-4-14(15)21(22)23/h1-4,7,10,12H,5-6,8-9,18H2. The van der Waals surface area contributed by atoms with Crippen LogP contribution in [0.2, 0.25) is 0 Å². The van der Waals surface area contributed by atoms with Gasteiger partial charge in [-0.25, -0.2) is 9.37 Å². The van der Waals surface area contributed by atoms with E-state index in [0.29, 0.717) is 37.3 Å². The Hall–Kier alpha value is -2.90. The molecule has 1 aromatic heterocycles. The molecule has 0 aliphatic carbocycles. The number of nitro groups is 1. The van der Waals surface area contributed by atoms with E-state index in [9.17, 15) is 14.5 Å². The Morgan fingerprint density at radius 1 is 1.33 bits per heavy atom. The van der Waals surface area contributed by atoms with Crippen LogP contribution >= 0.6 is 0 Å². The number of nitrogens with zero attached hydrogens (tertiary/aromatic N) is 3. The number of nitrogen functional groups attached to an aromatic ring is 1. The molecule has 1 fully saturated rings. The molecule has 0 saturated carbocycles. The second kappa shape index (κ2) is 6.69. The van der Waals surface area contributed by atoms with Gasteiger partial charge in [0.25, 0.3) is 11.6 Å². The fraction of sp³-hybridized carbons (Fsp3) is 0.312. The molecule has 1 aliphatic rings. The second-order valence-electron chi connectivity index (χ2n) is 5.60. The van der Waals surface area contributed by atoms with Crippen LogP contribution in [0.5, 0.6) is 5.88 Å². The third kappa shape index (κ3) is 3.37. The van der Waals surface area contributed by atoms with E-state index in [1.54, 1.807) is 6.07 Å². The van der Waals surface area contributed by atoms with Gasteiger partial charge in [0.2, 0.25) is 0 Å². The molecule has 2 aromatic rings. The Kier molecular flexibility index (Phi) is 4.45. The zero-order valence-corrected chi connectivity index (χ0v) is 12.9. The summed E-state index contributed by atoms with van der Waals surface area (Å²) in [4.78, 5) is 16.6. The lowest BCUT2D eigenvalue weighted by molar-refractivity contribution is -0.384. The third-order valence-corrected chi connectivity index (χ3v) is 3.98. The number of nitro benzene ring substituents is 1. The van der Waals surface area contributed by atoms with Crippen molar-refractivity contribution < 1.29 is 14.1 Å². The minimum Gasteiger partial charge on any atom is -0.472 e. The summed E-state index contributed by atoms with van der Waals surface area (Å²) in [5, 5.41) is 11.2. The highest BCUT2D eigenvalue weighted by molar-refractivity contribution is 5.68. The predicted molar refractivity (Wildman–Crippen MR) is 87.6 cm³/mol. The molecule has 0 atom stereocenters. The third-order valence-electron chi connectivity index (χ3n) is 3.98. The zero-order chi connectivity index (χ0) is 17.1.